The van der Waals surface area contributed by atoms with E-state index in [2.05, 4.69) is 5.32 Å². The molecule has 0 spiro atoms. The molecule has 74 valence electrons. The summed E-state index contributed by atoms with van der Waals surface area (Å²) in [5.74, 6) is 0.678. The first-order valence-corrected chi connectivity index (χ1v) is 5.14. The molecule has 0 aromatic heterocycles. The number of carbonyl (C=O) groups is 1. The van der Waals surface area contributed by atoms with Gasteiger partial charge in [0.1, 0.15) is 0 Å². The number of rotatable bonds is 2. The minimum Gasteiger partial charge on any atom is -0.396 e. The van der Waals surface area contributed by atoms with Gasteiger partial charge in [-0.05, 0) is 18.8 Å². The summed E-state index contributed by atoms with van der Waals surface area (Å²) in [6.45, 7) is 0.851. The molecule has 0 bridgehead atoms. The molecular weight excluding hydrogens is 166 g/mol. The summed E-state index contributed by atoms with van der Waals surface area (Å²) < 4.78 is 0. The van der Waals surface area contributed by atoms with Crippen molar-refractivity contribution in [2.75, 3.05) is 13.2 Å². The van der Waals surface area contributed by atoms with E-state index in [-0.39, 0.29) is 17.9 Å². The highest BCUT2D eigenvalue weighted by Crippen LogP contribution is 2.43. The van der Waals surface area contributed by atoms with Gasteiger partial charge >= 0.3 is 0 Å². The predicted octanol–water partition coefficient (Wildman–Crippen LogP) is 0.675. The van der Waals surface area contributed by atoms with E-state index in [1.54, 1.807) is 0 Å². The largest absolute Gasteiger partial charge is 0.396 e. The van der Waals surface area contributed by atoms with E-state index in [1.165, 1.54) is 25.7 Å². The van der Waals surface area contributed by atoms with Gasteiger partial charge in [0, 0.05) is 18.4 Å². The summed E-state index contributed by atoms with van der Waals surface area (Å²) in [5, 5.41) is 12.2. The first kappa shape index (κ1) is 9.00. The van der Waals surface area contributed by atoms with E-state index < -0.39 is 0 Å². The third-order valence-electron chi connectivity index (χ3n) is 3.69. The molecule has 1 aliphatic carbocycles. The highest BCUT2D eigenvalue weighted by atomic mass is 16.3. The summed E-state index contributed by atoms with van der Waals surface area (Å²) in [5.41, 5.74) is -0.117. The highest BCUT2D eigenvalue weighted by Gasteiger charge is 2.45. The average molecular weight is 183 g/mol. The lowest BCUT2D eigenvalue weighted by atomic mass is 9.74. The average Bonchev–Trinajstić information content (AvgIpc) is 2.73. The molecule has 1 saturated heterocycles. The molecule has 13 heavy (non-hydrogen) atoms. The first-order valence-electron chi connectivity index (χ1n) is 5.14. The van der Waals surface area contributed by atoms with Crippen LogP contribution in [0.5, 0.6) is 0 Å². The van der Waals surface area contributed by atoms with E-state index >= 15 is 0 Å². The van der Waals surface area contributed by atoms with Gasteiger partial charge in [0.25, 0.3) is 0 Å². The molecule has 1 heterocycles. The van der Waals surface area contributed by atoms with Crippen LogP contribution in [0, 0.1) is 11.3 Å². The molecule has 3 heteroatoms. The molecule has 0 radical (unpaired) electrons. The minimum absolute atomic E-state index is 0.112. The molecule has 0 aromatic carbocycles. The maximum atomic E-state index is 11.2. The Hall–Kier alpha value is -0.570. The summed E-state index contributed by atoms with van der Waals surface area (Å²) >= 11 is 0. The number of aliphatic hydroxyl groups excluding tert-OH is 1. The molecular formula is C10H17NO2. The number of amides is 1. The Kier molecular flexibility index (Phi) is 2.28. The Morgan fingerprint density at radius 2 is 2.15 bits per heavy atom. The molecule has 1 amide bonds. The van der Waals surface area contributed by atoms with E-state index in [0.717, 1.165) is 0 Å². The van der Waals surface area contributed by atoms with Crippen LogP contribution in [0.3, 0.4) is 0 Å². The Morgan fingerprint density at radius 3 is 2.62 bits per heavy atom. The molecule has 2 aliphatic rings. The van der Waals surface area contributed by atoms with Crippen molar-refractivity contribution in [1.82, 2.24) is 5.32 Å². The summed E-state index contributed by atoms with van der Waals surface area (Å²) in [6.07, 6.45) is 5.44. The van der Waals surface area contributed by atoms with Crippen molar-refractivity contribution in [3.05, 3.63) is 0 Å². The number of nitrogens with one attached hydrogen (secondary N) is 1. The lowest BCUT2D eigenvalue weighted by Gasteiger charge is -2.31. The van der Waals surface area contributed by atoms with Crippen molar-refractivity contribution in [1.29, 1.82) is 0 Å². The zero-order valence-corrected chi connectivity index (χ0v) is 7.88. The molecule has 1 saturated carbocycles. The van der Waals surface area contributed by atoms with Crippen molar-refractivity contribution in [3.63, 3.8) is 0 Å². The first-order chi connectivity index (χ1) is 6.27. The number of aliphatic hydroxyl groups is 1. The normalized spacial score (nSPS) is 35.3. The SMILES string of the molecule is O=C1CC(CO)(C2CCCC2)CN1. The second kappa shape index (κ2) is 3.29. The third kappa shape index (κ3) is 1.46. The molecule has 3 nitrogen and oxygen atoms in total. The van der Waals surface area contributed by atoms with Crippen LogP contribution in [0.25, 0.3) is 0 Å². The van der Waals surface area contributed by atoms with Crippen molar-refractivity contribution in [2.45, 2.75) is 32.1 Å². The molecule has 2 N–H and O–H groups in total. The zero-order chi connectivity index (χ0) is 9.31. The smallest absolute Gasteiger partial charge is 0.220 e. The fraction of sp³-hybridized carbons (Fsp3) is 0.900. The Bertz CT molecular complexity index is 211. The summed E-state index contributed by atoms with van der Waals surface area (Å²) in [6, 6.07) is 0. The number of carbonyl (C=O) groups excluding carboxylic acids is 1. The van der Waals surface area contributed by atoms with Crippen molar-refractivity contribution >= 4 is 5.91 Å². The van der Waals surface area contributed by atoms with Gasteiger partial charge in [-0.1, -0.05) is 12.8 Å². The monoisotopic (exact) mass is 183 g/mol. The number of hydrogen-bond donors (Lipinski definition) is 2. The molecule has 0 aromatic rings. The lowest BCUT2D eigenvalue weighted by Crippen LogP contribution is -2.35. The van der Waals surface area contributed by atoms with E-state index in [1.807, 2.05) is 0 Å². The second-order valence-corrected chi connectivity index (χ2v) is 4.46. The zero-order valence-electron chi connectivity index (χ0n) is 7.88. The van der Waals surface area contributed by atoms with Crippen LogP contribution in [-0.2, 0) is 4.79 Å². The standard InChI is InChI=1S/C10H17NO2/c12-7-10(5-9(13)11-6-10)8-3-1-2-4-8/h8,12H,1-7H2,(H,11,13). The maximum Gasteiger partial charge on any atom is 0.220 e. The molecule has 1 aliphatic heterocycles. The van der Waals surface area contributed by atoms with E-state index in [9.17, 15) is 9.90 Å². The van der Waals surface area contributed by atoms with Gasteiger partial charge in [-0.15, -0.1) is 0 Å². The quantitative estimate of drug-likeness (QED) is 0.661. The van der Waals surface area contributed by atoms with Crippen molar-refractivity contribution in [2.24, 2.45) is 11.3 Å². The fourth-order valence-electron chi connectivity index (χ4n) is 2.79. The second-order valence-electron chi connectivity index (χ2n) is 4.46. The van der Waals surface area contributed by atoms with Crippen LogP contribution in [0.15, 0.2) is 0 Å². The Balaban J connectivity index is 2.10. The highest BCUT2D eigenvalue weighted by molar-refractivity contribution is 5.79. The molecule has 2 fully saturated rings. The maximum absolute atomic E-state index is 11.2. The van der Waals surface area contributed by atoms with Gasteiger partial charge in [-0.3, -0.25) is 4.79 Å². The lowest BCUT2D eigenvalue weighted by molar-refractivity contribution is -0.120. The number of hydrogen-bond acceptors (Lipinski definition) is 2. The van der Waals surface area contributed by atoms with Crippen molar-refractivity contribution in [3.8, 4) is 0 Å². The van der Waals surface area contributed by atoms with Gasteiger partial charge in [0.15, 0.2) is 0 Å². The fourth-order valence-corrected chi connectivity index (χ4v) is 2.79. The van der Waals surface area contributed by atoms with Crippen LogP contribution in [-0.4, -0.2) is 24.2 Å². The Labute approximate surface area is 78.5 Å². The molecule has 2 rings (SSSR count). The molecule has 1 unspecified atom stereocenters. The van der Waals surface area contributed by atoms with Crippen LogP contribution in [0.2, 0.25) is 0 Å². The predicted molar refractivity (Wildman–Crippen MR) is 49.1 cm³/mol. The van der Waals surface area contributed by atoms with E-state index in [4.69, 9.17) is 0 Å². The van der Waals surface area contributed by atoms with Gasteiger partial charge in [0.2, 0.25) is 5.91 Å². The van der Waals surface area contributed by atoms with Crippen molar-refractivity contribution < 1.29 is 9.90 Å². The van der Waals surface area contributed by atoms with Crippen LogP contribution < -0.4 is 5.32 Å². The third-order valence-corrected chi connectivity index (χ3v) is 3.69. The summed E-state index contributed by atoms with van der Waals surface area (Å²) in [4.78, 5) is 11.2. The Morgan fingerprint density at radius 1 is 1.46 bits per heavy atom. The topological polar surface area (TPSA) is 49.3 Å². The van der Waals surface area contributed by atoms with Gasteiger partial charge in [-0.2, -0.15) is 0 Å². The minimum atomic E-state index is -0.117. The summed E-state index contributed by atoms with van der Waals surface area (Å²) in [7, 11) is 0. The van der Waals surface area contributed by atoms with Gasteiger partial charge in [-0.25, -0.2) is 0 Å². The molecule has 1 atom stereocenters. The van der Waals surface area contributed by atoms with Gasteiger partial charge in [0.05, 0.1) is 6.61 Å². The van der Waals surface area contributed by atoms with Crippen LogP contribution >= 0.6 is 0 Å². The van der Waals surface area contributed by atoms with Crippen LogP contribution in [0.1, 0.15) is 32.1 Å². The van der Waals surface area contributed by atoms with E-state index in [0.29, 0.717) is 18.9 Å². The van der Waals surface area contributed by atoms with Crippen LogP contribution in [0.4, 0.5) is 0 Å². The van der Waals surface area contributed by atoms with Gasteiger partial charge < -0.3 is 10.4 Å².